The number of nitrogens with zero attached hydrogens (tertiary/aromatic N) is 1. The quantitative estimate of drug-likeness (QED) is 0.812. The highest BCUT2D eigenvalue weighted by Crippen LogP contribution is 2.34. The number of rotatable bonds is 6. The summed E-state index contributed by atoms with van der Waals surface area (Å²) in [5.41, 5.74) is 0.680. The zero-order valence-corrected chi connectivity index (χ0v) is 14.1. The molecule has 7 heteroatoms. The van der Waals surface area contributed by atoms with E-state index < -0.39 is 11.9 Å². The van der Waals surface area contributed by atoms with Crippen LogP contribution in [0.3, 0.4) is 0 Å². The minimum Gasteiger partial charge on any atom is -0.492 e. The average molecular weight is 346 g/mol. The van der Waals surface area contributed by atoms with E-state index >= 15 is 0 Å². The van der Waals surface area contributed by atoms with Crippen LogP contribution in [-0.4, -0.2) is 42.1 Å². The van der Waals surface area contributed by atoms with Crippen LogP contribution in [0.2, 0.25) is 0 Å². The lowest BCUT2D eigenvalue weighted by Gasteiger charge is -2.33. The predicted molar refractivity (Wildman–Crippen MR) is 90.4 cm³/mol. The summed E-state index contributed by atoms with van der Waals surface area (Å²) in [7, 11) is 0. The molecule has 0 radical (unpaired) electrons. The van der Waals surface area contributed by atoms with E-state index in [1.807, 2.05) is 25.1 Å². The molecule has 2 N–H and O–H groups in total. The molecule has 1 heterocycles. The van der Waals surface area contributed by atoms with Crippen molar-refractivity contribution in [2.45, 2.75) is 32.2 Å². The van der Waals surface area contributed by atoms with Crippen molar-refractivity contribution in [3.05, 3.63) is 24.3 Å². The second-order valence-electron chi connectivity index (χ2n) is 6.52. The van der Waals surface area contributed by atoms with E-state index in [1.165, 1.54) is 0 Å². The molecule has 1 aromatic rings. The van der Waals surface area contributed by atoms with Gasteiger partial charge in [0.25, 0.3) is 0 Å². The number of carboxylic acid groups (broad SMARTS) is 1. The topological polar surface area (TPSA) is 95.9 Å². The summed E-state index contributed by atoms with van der Waals surface area (Å²) < 4.78 is 5.57. The molecule has 25 heavy (non-hydrogen) atoms. The fourth-order valence-corrected chi connectivity index (χ4v) is 3.33. The number of hydrogen-bond acceptors (Lipinski definition) is 4. The van der Waals surface area contributed by atoms with Crippen LogP contribution in [0.4, 0.5) is 5.69 Å². The number of carbonyl (C=O) groups excluding carboxylic acids is 2. The lowest BCUT2D eigenvalue weighted by molar-refractivity contribution is -0.146. The highest BCUT2D eigenvalue weighted by molar-refractivity contribution is 6.01. The van der Waals surface area contributed by atoms with Gasteiger partial charge in [-0.05, 0) is 31.9 Å². The summed E-state index contributed by atoms with van der Waals surface area (Å²) >= 11 is 0. The molecule has 1 aliphatic heterocycles. The van der Waals surface area contributed by atoms with Crippen LogP contribution in [0.5, 0.6) is 5.75 Å². The summed E-state index contributed by atoms with van der Waals surface area (Å²) in [5.74, 6) is -1.28. The number of amides is 2. The van der Waals surface area contributed by atoms with Crippen molar-refractivity contribution in [3.63, 3.8) is 0 Å². The maximum atomic E-state index is 12.4. The Kier molecular flexibility index (Phi) is 4.92. The monoisotopic (exact) mass is 346 g/mol. The lowest BCUT2D eigenvalue weighted by atomic mass is 9.80. The molecule has 134 valence electrons. The molecule has 2 amide bonds. The molecule has 1 aliphatic carbocycles. The second-order valence-corrected chi connectivity index (χ2v) is 6.52. The average Bonchev–Trinajstić information content (AvgIpc) is 2.92. The smallest absolute Gasteiger partial charge is 0.306 e. The van der Waals surface area contributed by atoms with Crippen molar-refractivity contribution in [1.29, 1.82) is 0 Å². The number of carbonyl (C=O) groups is 3. The van der Waals surface area contributed by atoms with Crippen LogP contribution in [-0.2, 0) is 14.4 Å². The van der Waals surface area contributed by atoms with Gasteiger partial charge in [0.1, 0.15) is 5.75 Å². The standard InChI is InChI=1S/C18H22N2O5/c1-2-25-15-6-4-3-5-14(15)20-10-12(9-16(20)21)17(22)19-13-7-11(8-13)18(23)24/h3-6,11-13H,2,7-10H2,1H3,(H,19,22)(H,23,24). The normalized spacial score (nSPS) is 25.4. The number of para-hydroxylation sites is 2. The molecule has 1 saturated carbocycles. The highest BCUT2D eigenvalue weighted by atomic mass is 16.5. The summed E-state index contributed by atoms with van der Waals surface area (Å²) in [6, 6.07) is 7.19. The molecule has 1 atom stereocenters. The Labute approximate surface area is 146 Å². The number of hydrogen-bond donors (Lipinski definition) is 2. The number of ether oxygens (including phenoxy) is 1. The van der Waals surface area contributed by atoms with Gasteiger partial charge in [0.05, 0.1) is 24.1 Å². The van der Waals surface area contributed by atoms with Gasteiger partial charge in [-0.1, -0.05) is 12.1 Å². The van der Waals surface area contributed by atoms with Crippen LogP contribution in [0.15, 0.2) is 24.3 Å². The van der Waals surface area contributed by atoms with Crippen molar-refractivity contribution in [2.24, 2.45) is 11.8 Å². The van der Waals surface area contributed by atoms with Crippen molar-refractivity contribution < 1.29 is 24.2 Å². The summed E-state index contributed by atoms with van der Waals surface area (Å²) in [6.07, 6.45) is 1.07. The molecule has 0 bridgehead atoms. The molecule has 2 aliphatic rings. The largest absolute Gasteiger partial charge is 0.492 e. The molecule has 0 aromatic heterocycles. The number of anilines is 1. The second kappa shape index (κ2) is 7.13. The summed E-state index contributed by atoms with van der Waals surface area (Å²) in [6.45, 7) is 2.68. The molecule has 1 saturated heterocycles. The van der Waals surface area contributed by atoms with Gasteiger partial charge < -0.3 is 20.1 Å². The van der Waals surface area contributed by atoms with Crippen molar-refractivity contribution in [1.82, 2.24) is 5.32 Å². The molecule has 1 unspecified atom stereocenters. The first-order chi connectivity index (χ1) is 12.0. The molecule has 7 nitrogen and oxygen atoms in total. The Balaban J connectivity index is 1.61. The van der Waals surface area contributed by atoms with Gasteiger partial charge in [-0.3, -0.25) is 14.4 Å². The van der Waals surface area contributed by atoms with Crippen LogP contribution < -0.4 is 15.0 Å². The van der Waals surface area contributed by atoms with Crippen LogP contribution in [0.1, 0.15) is 26.2 Å². The fourth-order valence-electron chi connectivity index (χ4n) is 3.33. The summed E-state index contributed by atoms with van der Waals surface area (Å²) in [4.78, 5) is 37.2. The number of aliphatic carboxylic acids is 1. The first-order valence-electron chi connectivity index (χ1n) is 8.55. The minimum atomic E-state index is -0.819. The molecular weight excluding hydrogens is 324 g/mol. The lowest BCUT2D eigenvalue weighted by Crippen LogP contribution is -2.48. The van der Waals surface area contributed by atoms with Gasteiger partial charge in [-0.15, -0.1) is 0 Å². The highest BCUT2D eigenvalue weighted by Gasteiger charge is 2.40. The van der Waals surface area contributed by atoms with Gasteiger partial charge >= 0.3 is 5.97 Å². The minimum absolute atomic E-state index is 0.103. The zero-order valence-electron chi connectivity index (χ0n) is 14.1. The van der Waals surface area contributed by atoms with Crippen LogP contribution >= 0.6 is 0 Å². The predicted octanol–water partition coefficient (Wildman–Crippen LogP) is 1.42. The maximum Gasteiger partial charge on any atom is 0.306 e. The third kappa shape index (κ3) is 3.60. The number of carboxylic acids is 1. The van der Waals surface area contributed by atoms with Crippen LogP contribution in [0, 0.1) is 11.8 Å². The van der Waals surface area contributed by atoms with Crippen LogP contribution in [0.25, 0.3) is 0 Å². The van der Waals surface area contributed by atoms with Gasteiger partial charge in [0.2, 0.25) is 11.8 Å². The zero-order chi connectivity index (χ0) is 18.0. The Hall–Kier alpha value is -2.57. The fraction of sp³-hybridized carbons (Fsp3) is 0.500. The van der Waals surface area contributed by atoms with E-state index in [9.17, 15) is 14.4 Å². The molecule has 2 fully saturated rings. The van der Waals surface area contributed by atoms with E-state index in [4.69, 9.17) is 9.84 Å². The SMILES string of the molecule is CCOc1ccccc1N1CC(C(=O)NC2CC(C(=O)O)C2)CC1=O. The first-order valence-corrected chi connectivity index (χ1v) is 8.55. The Morgan fingerprint density at radius 1 is 1.28 bits per heavy atom. The molecule has 1 aromatic carbocycles. The molecular formula is C18H22N2O5. The van der Waals surface area contributed by atoms with Gasteiger partial charge in [0, 0.05) is 19.0 Å². The van der Waals surface area contributed by atoms with E-state index in [-0.39, 0.29) is 30.2 Å². The van der Waals surface area contributed by atoms with E-state index in [1.54, 1.807) is 11.0 Å². The first kappa shape index (κ1) is 17.3. The maximum absolute atomic E-state index is 12.4. The van der Waals surface area contributed by atoms with Crippen molar-refractivity contribution in [3.8, 4) is 5.75 Å². The number of nitrogens with one attached hydrogen (secondary N) is 1. The number of benzene rings is 1. The van der Waals surface area contributed by atoms with E-state index in [2.05, 4.69) is 5.32 Å². The molecule has 3 rings (SSSR count). The Bertz CT molecular complexity index is 684. The van der Waals surface area contributed by atoms with Gasteiger partial charge in [0.15, 0.2) is 0 Å². The van der Waals surface area contributed by atoms with Crippen molar-refractivity contribution >= 4 is 23.5 Å². The third-order valence-electron chi connectivity index (χ3n) is 4.79. The summed E-state index contributed by atoms with van der Waals surface area (Å²) in [5, 5.41) is 11.7. The third-order valence-corrected chi connectivity index (χ3v) is 4.79. The van der Waals surface area contributed by atoms with E-state index in [0.29, 0.717) is 37.4 Å². The Morgan fingerprint density at radius 3 is 2.68 bits per heavy atom. The van der Waals surface area contributed by atoms with Crippen molar-refractivity contribution in [2.75, 3.05) is 18.1 Å². The Morgan fingerprint density at radius 2 is 2.00 bits per heavy atom. The van der Waals surface area contributed by atoms with E-state index in [0.717, 1.165) is 0 Å². The van der Waals surface area contributed by atoms with Gasteiger partial charge in [-0.25, -0.2) is 0 Å². The van der Waals surface area contributed by atoms with Gasteiger partial charge in [-0.2, -0.15) is 0 Å². The molecule has 0 spiro atoms.